The molecule has 3 aromatic rings. The highest BCUT2D eigenvalue weighted by molar-refractivity contribution is 7.13. The molecule has 0 spiro atoms. The van der Waals surface area contributed by atoms with Gasteiger partial charge in [-0.3, -0.25) is 19.6 Å². The fourth-order valence-electron chi connectivity index (χ4n) is 5.22. The van der Waals surface area contributed by atoms with E-state index in [0.717, 1.165) is 67.3 Å². The number of thiazole rings is 1. The zero-order valence-electron chi connectivity index (χ0n) is 22.9. The standard InChI is InChI=1S/C28H37N7O3S.H2/c1-20-14-30-24(16-29-20)27(36)34-11-9-33(10-12-34)18-22-19-39-28(32-22)31-15-23-5-4-8-35(23)17-21-6-7-25(37-2)26(13-21)38-3;/h6-7,13-14,16,19,23H,4-5,8-12,15,17-18H2,1-3H3,(H,31,32);1H/t23-;/m0./s1. The van der Waals surface area contributed by atoms with E-state index in [2.05, 4.69) is 42.6 Å². The van der Waals surface area contributed by atoms with Crippen LogP contribution in [0.1, 0.15) is 41.7 Å². The predicted molar refractivity (Wildman–Crippen MR) is 154 cm³/mol. The molecule has 2 aliphatic rings. The number of methoxy groups -OCH3 is 2. The maximum absolute atomic E-state index is 12.7. The number of anilines is 1. The summed E-state index contributed by atoms with van der Waals surface area (Å²) in [6, 6.07) is 6.63. The average molecular weight is 554 g/mol. The second-order valence-corrected chi connectivity index (χ2v) is 11.0. The number of carbonyl (C=O) groups excluding carboxylic acids is 1. The lowest BCUT2D eigenvalue weighted by molar-refractivity contribution is 0.0621. The first-order valence-electron chi connectivity index (χ1n) is 13.5. The monoisotopic (exact) mass is 553 g/mol. The first kappa shape index (κ1) is 27.3. The number of carbonyl (C=O) groups is 1. The number of amides is 1. The lowest BCUT2D eigenvalue weighted by Crippen LogP contribution is -2.48. The Bertz CT molecular complexity index is 1250. The smallest absolute Gasteiger partial charge is 0.274 e. The molecule has 1 amide bonds. The topological polar surface area (TPSA) is 96.0 Å². The Balaban J connectivity index is 0.00000370. The first-order valence-corrected chi connectivity index (χ1v) is 14.3. The largest absolute Gasteiger partial charge is 0.493 e. The number of hydrogen-bond acceptors (Lipinski definition) is 10. The van der Waals surface area contributed by atoms with E-state index in [9.17, 15) is 4.79 Å². The van der Waals surface area contributed by atoms with Gasteiger partial charge in [0.1, 0.15) is 5.69 Å². The summed E-state index contributed by atoms with van der Waals surface area (Å²) < 4.78 is 10.9. The molecule has 1 atom stereocenters. The van der Waals surface area contributed by atoms with Crippen molar-refractivity contribution in [2.24, 2.45) is 0 Å². The summed E-state index contributed by atoms with van der Waals surface area (Å²) in [7, 11) is 3.34. The van der Waals surface area contributed by atoms with Crippen LogP contribution in [0.25, 0.3) is 0 Å². The van der Waals surface area contributed by atoms with Crippen molar-refractivity contribution in [3.05, 3.63) is 58.6 Å². The van der Waals surface area contributed by atoms with Gasteiger partial charge >= 0.3 is 0 Å². The highest BCUT2D eigenvalue weighted by Crippen LogP contribution is 2.29. The van der Waals surface area contributed by atoms with Gasteiger partial charge in [-0.2, -0.15) is 0 Å². The van der Waals surface area contributed by atoms with E-state index in [0.29, 0.717) is 24.8 Å². The Hall–Kier alpha value is -3.28. The van der Waals surface area contributed by atoms with E-state index in [-0.39, 0.29) is 7.33 Å². The number of nitrogens with one attached hydrogen (secondary N) is 1. The summed E-state index contributed by atoms with van der Waals surface area (Å²) in [5, 5.41) is 6.69. The van der Waals surface area contributed by atoms with E-state index in [1.165, 1.54) is 18.4 Å². The molecular formula is C28H39N7O3S. The van der Waals surface area contributed by atoms with Crippen LogP contribution in [0.2, 0.25) is 0 Å². The Kier molecular flexibility index (Phi) is 8.90. The van der Waals surface area contributed by atoms with Gasteiger partial charge in [0, 0.05) is 64.9 Å². The van der Waals surface area contributed by atoms with Gasteiger partial charge in [0.15, 0.2) is 16.6 Å². The number of nitrogens with zero attached hydrogens (tertiary/aromatic N) is 6. The number of aromatic nitrogens is 3. The van der Waals surface area contributed by atoms with Gasteiger partial charge < -0.3 is 19.7 Å². The number of ether oxygens (including phenoxy) is 2. The van der Waals surface area contributed by atoms with Crippen molar-refractivity contribution in [3.8, 4) is 11.5 Å². The van der Waals surface area contributed by atoms with E-state index >= 15 is 0 Å². The Morgan fingerprint density at radius 3 is 2.64 bits per heavy atom. The van der Waals surface area contributed by atoms with Crippen LogP contribution in [-0.4, -0.2) is 95.1 Å². The number of rotatable bonds is 10. The molecule has 1 aromatic carbocycles. The minimum absolute atomic E-state index is 0. The van der Waals surface area contributed by atoms with E-state index in [4.69, 9.17) is 14.5 Å². The highest BCUT2D eigenvalue weighted by Gasteiger charge is 2.26. The van der Waals surface area contributed by atoms with E-state index in [1.807, 2.05) is 17.9 Å². The zero-order valence-corrected chi connectivity index (χ0v) is 23.7. The summed E-state index contributed by atoms with van der Waals surface area (Å²) >= 11 is 1.66. The van der Waals surface area contributed by atoms with Crippen LogP contribution in [0.3, 0.4) is 0 Å². The summed E-state index contributed by atoms with van der Waals surface area (Å²) in [6.07, 6.45) is 5.58. The van der Waals surface area contributed by atoms with E-state index < -0.39 is 0 Å². The summed E-state index contributed by atoms with van der Waals surface area (Å²) in [6.45, 7) is 8.52. The lowest BCUT2D eigenvalue weighted by atomic mass is 10.1. The third-order valence-electron chi connectivity index (χ3n) is 7.42. The average Bonchev–Trinajstić information content (AvgIpc) is 3.61. The number of aryl methyl sites for hydroxylation is 1. The molecule has 39 heavy (non-hydrogen) atoms. The normalized spacial score (nSPS) is 18.3. The molecule has 1 N–H and O–H groups in total. The van der Waals surface area contributed by atoms with Crippen LogP contribution < -0.4 is 14.8 Å². The van der Waals surface area contributed by atoms with E-state index in [1.54, 1.807) is 38.0 Å². The van der Waals surface area contributed by atoms with Crippen LogP contribution in [0, 0.1) is 6.92 Å². The van der Waals surface area contributed by atoms with Crippen LogP contribution >= 0.6 is 11.3 Å². The molecule has 11 heteroatoms. The van der Waals surface area contributed by atoms with Gasteiger partial charge in [-0.25, -0.2) is 9.97 Å². The van der Waals surface area contributed by atoms with Crippen LogP contribution in [-0.2, 0) is 13.1 Å². The third kappa shape index (κ3) is 6.84. The Morgan fingerprint density at radius 1 is 1.08 bits per heavy atom. The molecule has 2 aromatic heterocycles. The molecule has 2 saturated heterocycles. The molecule has 0 unspecified atom stereocenters. The number of piperazine rings is 1. The van der Waals surface area contributed by atoms with Gasteiger partial charge in [-0.15, -0.1) is 11.3 Å². The van der Waals surface area contributed by atoms with Crippen LogP contribution in [0.15, 0.2) is 36.0 Å². The molecule has 0 bridgehead atoms. The number of benzene rings is 1. The molecule has 2 aliphatic heterocycles. The molecular weight excluding hydrogens is 514 g/mol. The van der Waals surface area contributed by atoms with Crippen molar-refractivity contribution in [3.63, 3.8) is 0 Å². The first-order chi connectivity index (χ1) is 19.0. The maximum Gasteiger partial charge on any atom is 0.274 e. The minimum Gasteiger partial charge on any atom is -0.493 e. The lowest BCUT2D eigenvalue weighted by Gasteiger charge is -2.34. The SMILES string of the molecule is COc1ccc(CN2CCC[C@H]2CNc2nc(CN3CCN(C(=O)c4cnc(C)cn4)CC3)cs2)cc1OC.[HH]. The summed E-state index contributed by atoms with van der Waals surface area (Å²) in [5.74, 6) is 1.48. The second kappa shape index (κ2) is 12.7. The molecule has 0 radical (unpaired) electrons. The van der Waals surface area contributed by atoms with Crippen molar-refractivity contribution in [1.29, 1.82) is 0 Å². The quantitative estimate of drug-likeness (QED) is 0.404. The van der Waals surface area contributed by atoms with Crippen molar-refractivity contribution in [2.75, 3.05) is 58.8 Å². The van der Waals surface area contributed by atoms with Gasteiger partial charge in [0.05, 0.1) is 31.8 Å². The number of hydrogen-bond donors (Lipinski definition) is 1. The minimum atomic E-state index is -0.0469. The zero-order chi connectivity index (χ0) is 27.2. The van der Waals surface area contributed by atoms with Crippen LogP contribution in [0.5, 0.6) is 11.5 Å². The molecule has 0 saturated carbocycles. The molecule has 2 fully saturated rings. The molecule has 210 valence electrons. The molecule has 0 aliphatic carbocycles. The van der Waals surface area contributed by atoms with Crippen molar-refractivity contribution >= 4 is 22.4 Å². The van der Waals surface area contributed by atoms with Crippen molar-refractivity contribution in [1.82, 2.24) is 29.7 Å². The molecule has 4 heterocycles. The Morgan fingerprint density at radius 2 is 1.90 bits per heavy atom. The summed E-state index contributed by atoms with van der Waals surface area (Å²) in [4.78, 5) is 32.7. The number of likely N-dealkylation sites (tertiary alicyclic amines) is 1. The third-order valence-corrected chi connectivity index (χ3v) is 8.27. The van der Waals surface area contributed by atoms with Gasteiger partial charge in [0.2, 0.25) is 0 Å². The van der Waals surface area contributed by atoms with Gasteiger partial charge in [0.25, 0.3) is 5.91 Å². The van der Waals surface area contributed by atoms with Crippen molar-refractivity contribution < 1.29 is 15.7 Å². The van der Waals surface area contributed by atoms with Gasteiger partial charge in [-0.05, 0) is 44.0 Å². The second-order valence-electron chi connectivity index (χ2n) is 10.1. The fourth-order valence-corrected chi connectivity index (χ4v) is 5.93. The Labute approximate surface area is 235 Å². The fraction of sp³-hybridized carbons (Fsp3) is 0.500. The molecule has 10 nitrogen and oxygen atoms in total. The summed E-state index contributed by atoms with van der Waals surface area (Å²) in [5.41, 5.74) is 3.52. The van der Waals surface area contributed by atoms with Crippen LogP contribution in [0.4, 0.5) is 5.13 Å². The van der Waals surface area contributed by atoms with Crippen molar-refractivity contribution in [2.45, 2.75) is 38.9 Å². The molecule has 5 rings (SSSR count). The maximum atomic E-state index is 12.7. The van der Waals surface area contributed by atoms with Gasteiger partial charge in [-0.1, -0.05) is 6.07 Å². The highest BCUT2D eigenvalue weighted by atomic mass is 32.1. The predicted octanol–water partition coefficient (Wildman–Crippen LogP) is 3.54.